The van der Waals surface area contributed by atoms with E-state index in [1.54, 1.807) is 62.8 Å². The molecule has 0 aliphatic carbocycles. The Morgan fingerprint density at radius 1 is 0.650 bits per heavy atom. The van der Waals surface area contributed by atoms with Gasteiger partial charge in [-0.15, -0.1) is 0 Å². The van der Waals surface area contributed by atoms with Gasteiger partial charge < -0.3 is 24.1 Å². The maximum absolute atomic E-state index is 9.70. The first kappa shape index (κ1) is 14.0. The normalized spacial score (nSPS) is 10.2. The third-order valence-electron chi connectivity index (χ3n) is 2.59. The molecule has 0 fully saturated rings. The average Bonchev–Trinajstić information content (AvgIpc) is 2.49. The Morgan fingerprint density at radius 3 is 1.25 bits per heavy atom. The molecule has 20 heavy (non-hydrogen) atoms. The van der Waals surface area contributed by atoms with Crippen molar-refractivity contribution in [2.75, 3.05) is 14.2 Å². The van der Waals surface area contributed by atoms with Gasteiger partial charge >= 0.3 is 6.48 Å². The van der Waals surface area contributed by atoms with Crippen LogP contribution in [-0.2, 0) is 0 Å². The van der Waals surface area contributed by atoms with E-state index in [4.69, 9.17) is 18.9 Å². The van der Waals surface area contributed by atoms with Gasteiger partial charge in [0.1, 0.15) is 23.0 Å². The number of aliphatic hydroxyl groups is 1. The van der Waals surface area contributed by atoms with Crippen molar-refractivity contribution in [3.8, 4) is 23.0 Å². The summed E-state index contributed by atoms with van der Waals surface area (Å²) in [6.07, 6.45) is 0. The Hall–Kier alpha value is -2.40. The minimum atomic E-state index is -1.39. The number of aliphatic hydroxyl groups excluding tert-OH is 1. The average molecular weight is 276 g/mol. The summed E-state index contributed by atoms with van der Waals surface area (Å²) >= 11 is 0. The lowest BCUT2D eigenvalue weighted by atomic mass is 10.3. The lowest BCUT2D eigenvalue weighted by Gasteiger charge is -2.15. The molecule has 2 aromatic rings. The van der Waals surface area contributed by atoms with Crippen LogP contribution in [0.5, 0.6) is 23.0 Å². The first-order valence-corrected chi connectivity index (χ1v) is 6.01. The summed E-state index contributed by atoms with van der Waals surface area (Å²) in [6.45, 7) is -1.39. The first-order valence-electron chi connectivity index (χ1n) is 6.01. The van der Waals surface area contributed by atoms with Gasteiger partial charge in [-0.05, 0) is 48.5 Å². The summed E-state index contributed by atoms with van der Waals surface area (Å²) < 4.78 is 20.5. The van der Waals surface area contributed by atoms with Crippen LogP contribution in [0.15, 0.2) is 48.5 Å². The van der Waals surface area contributed by atoms with Crippen molar-refractivity contribution in [3.05, 3.63) is 48.5 Å². The van der Waals surface area contributed by atoms with E-state index in [0.29, 0.717) is 23.0 Å². The third-order valence-corrected chi connectivity index (χ3v) is 2.59. The van der Waals surface area contributed by atoms with Crippen molar-refractivity contribution >= 4 is 0 Å². The molecular weight excluding hydrogens is 260 g/mol. The van der Waals surface area contributed by atoms with Crippen LogP contribution in [0.4, 0.5) is 0 Å². The fourth-order valence-corrected chi connectivity index (χ4v) is 1.57. The number of ether oxygens (including phenoxy) is 4. The van der Waals surface area contributed by atoms with Crippen LogP contribution in [-0.4, -0.2) is 25.8 Å². The Bertz CT molecular complexity index is 471. The van der Waals surface area contributed by atoms with Gasteiger partial charge in [0.25, 0.3) is 0 Å². The predicted molar refractivity (Wildman–Crippen MR) is 73.3 cm³/mol. The van der Waals surface area contributed by atoms with Crippen molar-refractivity contribution in [2.45, 2.75) is 6.48 Å². The van der Waals surface area contributed by atoms with Gasteiger partial charge in [0.2, 0.25) is 0 Å². The van der Waals surface area contributed by atoms with Gasteiger partial charge in [0.15, 0.2) is 0 Å². The summed E-state index contributed by atoms with van der Waals surface area (Å²) in [6, 6.07) is 13.6. The molecule has 0 saturated heterocycles. The molecule has 0 spiro atoms. The minimum absolute atomic E-state index is 0.479. The van der Waals surface area contributed by atoms with Crippen LogP contribution in [0, 0.1) is 0 Å². The molecule has 5 heteroatoms. The Morgan fingerprint density at radius 2 is 0.950 bits per heavy atom. The summed E-state index contributed by atoms with van der Waals surface area (Å²) in [5.41, 5.74) is 0. The standard InChI is InChI=1S/C15H16O5/c1-17-11-3-7-13(8-4-11)19-15(16)20-14-9-5-12(18-2)6-10-14/h3-10,15-16H,1-2H3. The number of rotatable bonds is 6. The Kier molecular flexibility index (Phi) is 4.68. The zero-order valence-electron chi connectivity index (χ0n) is 11.3. The summed E-state index contributed by atoms with van der Waals surface area (Å²) in [5.74, 6) is 2.38. The van der Waals surface area contributed by atoms with Crippen molar-refractivity contribution < 1.29 is 24.1 Å². The quantitative estimate of drug-likeness (QED) is 0.821. The van der Waals surface area contributed by atoms with Gasteiger partial charge in [-0.3, -0.25) is 0 Å². The summed E-state index contributed by atoms with van der Waals surface area (Å²) in [7, 11) is 3.16. The fraction of sp³-hybridized carbons (Fsp3) is 0.200. The molecular formula is C15H16O5. The highest BCUT2D eigenvalue weighted by Crippen LogP contribution is 2.20. The second-order valence-electron chi connectivity index (χ2n) is 3.89. The van der Waals surface area contributed by atoms with E-state index in [2.05, 4.69) is 0 Å². The zero-order chi connectivity index (χ0) is 14.4. The molecule has 0 atom stereocenters. The van der Waals surface area contributed by atoms with Crippen molar-refractivity contribution in [2.24, 2.45) is 0 Å². The highest BCUT2D eigenvalue weighted by atomic mass is 16.8. The van der Waals surface area contributed by atoms with Crippen molar-refractivity contribution in [1.82, 2.24) is 0 Å². The SMILES string of the molecule is COc1ccc(OC(O)Oc2ccc(OC)cc2)cc1. The van der Waals surface area contributed by atoms with Gasteiger partial charge in [-0.1, -0.05) is 0 Å². The molecule has 0 amide bonds. The molecule has 2 aromatic carbocycles. The van der Waals surface area contributed by atoms with E-state index < -0.39 is 6.48 Å². The summed E-state index contributed by atoms with van der Waals surface area (Å²) in [4.78, 5) is 0. The van der Waals surface area contributed by atoms with Crippen LogP contribution in [0.25, 0.3) is 0 Å². The topological polar surface area (TPSA) is 57.2 Å². The third kappa shape index (κ3) is 3.80. The first-order chi connectivity index (χ1) is 9.71. The molecule has 106 valence electrons. The highest BCUT2D eigenvalue weighted by molar-refractivity contribution is 5.32. The lowest BCUT2D eigenvalue weighted by molar-refractivity contribution is -0.160. The number of benzene rings is 2. The number of methoxy groups -OCH3 is 2. The molecule has 0 aromatic heterocycles. The van der Waals surface area contributed by atoms with Gasteiger partial charge in [0.05, 0.1) is 14.2 Å². The molecule has 0 bridgehead atoms. The maximum atomic E-state index is 9.70. The molecule has 0 unspecified atom stereocenters. The number of hydrogen-bond acceptors (Lipinski definition) is 5. The molecule has 2 rings (SSSR count). The molecule has 0 aliphatic rings. The second kappa shape index (κ2) is 6.68. The Balaban J connectivity index is 1.91. The molecule has 5 nitrogen and oxygen atoms in total. The van der Waals surface area contributed by atoms with Crippen LogP contribution in [0.2, 0.25) is 0 Å². The monoisotopic (exact) mass is 276 g/mol. The van der Waals surface area contributed by atoms with E-state index in [-0.39, 0.29) is 0 Å². The van der Waals surface area contributed by atoms with Gasteiger partial charge in [0, 0.05) is 0 Å². The Labute approximate surface area is 117 Å². The van der Waals surface area contributed by atoms with Crippen molar-refractivity contribution in [3.63, 3.8) is 0 Å². The second-order valence-corrected chi connectivity index (χ2v) is 3.89. The highest BCUT2D eigenvalue weighted by Gasteiger charge is 2.08. The van der Waals surface area contributed by atoms with Crippen LogP contribution < -0.4 is 18.9 Å². The van der Waals surface area contributed by atoms with E-state index in [1.165, 1.54) is 0 Å². The minimum Gasteiger partial charge on any atom is -0.497 e. The van der Waals surface area contributed by atoms with E-state index in [1.807, 2.05) is 0 Å². The zero-order valence-corrected chi connectivity index (χ0v) is 11.3. The lowest BCUT2D eigenvalue weighted by Crippen LogP contribution is -2.22. The van der Waals surface area contributed by atoms with E-state index >= 15 is 0 Å². The molecule has 1 N–H and O–H groups in total. The van der Waals surface area contributed by atoms with Crippen LogP contribution >= 0.6 is 0 Å². The maximum Gasteiger partial charge on any atom is 0.358 e. The molecule has 0 saturated carbocycles. The van der Waals surface area contributed by atoms with E-state index in [0.717, 1.165) is 0 Å². The van der Waals surface area contributed by atoms with Crippen LogP contribution in [0.1, 0.15) is 0 Å². The smallest absolute Gasteiger partial charge is 0.358 e. The summed E-state index contributed by atoms with van der Waals surface area (Å²) in [5, 5.41) is 9.70. The van der Waals surface area contributed by atoms with E-state index in [9.17, 15) is 5.11 Å². The molecule has 0 radical (unpaired) electrons. The van der Waals surface area contributed by atoms with Crippen LogP contribution in [0.3, 0.4) is 0 Å². The fourth-order valence-electron chi connectivity index (χ4n) is 1.57. The largest absolute Gasteiger partial charge is 0.497 e. The molecule has 0 heterocycles. The van der Waals surface area contributed by atoms with Gasteiger partial charge in [-0.25, -0.2) is 0 Å². The molecule has 0 aliphatic heterocycles. The van der Waals surface area contributed by atoms with Crippen molar-refractivity contribution in [1.29, 1.82) is 0 Å². The van der Waals surface area contributed by atoms with Gasteiger partial charge in [-0.2, -0.15) is 0 Å². The predicted octanol–water partition coefficient (Wildman–Crippen LogP) is 2.44. The number of hydrogen-bond donors (Lipinski definition) is 1.